The van der Waals surface area contributed by atoms with Crippen LogP contribution in [0, 0.1) is 46.8 Å². The van der Waals surface area contributed by atoms with E-state index in [4.69, 9.17) is 6.42 Å². The Morgan fingerprint density at radius 3 is 2.56 bits per heavy atom. The van der Waals surface area contributed by atoms with Crippen LogP contribution >= 0.6 is 0 Å². The zero-order valence-corrected chi connectivity index (χ0v) is 15.7. The average Bonchev–Trinajstić information content (AvgIpc) is 2.77. The molecule has 4 aliphatic rings. The first-order valence-electron chi connectivity index (χ1n) is 9.95. The number of terminal acetylenes is 1. The lowest BCUT2D eigenvalue weighted by Gasteiger charge is -2.59. The highest BCUT2D eigenvalue weighted by molar-refractivity contribution is 5.31. The molecule has 3 unspecified atom stereocenters. The predicted molar refractivity (Wildman–Crippen MR) is 97.4 cm³/mol. The molecule has 0 spiro atoms. The van der Waals surface area contributed by atoms with Gasteiger partial charge in [0.15, 0.2) is 0 Å². The van der Waals surface area contributed by atoms with Gasteiger partial charge in [0.05, 0.1) is 12.2 Å². The Kier molecular flexibility index (Phi) is 3.76. The minimum absolute atomic E-state index is 0.0600. The standard InChI is InChI=1S/C22H32O3/c1-5-22(25)13(2)10-17-19-16(7-9-21(17,22)4)20(3)8-6-15(23)11-14(20)12-18(19)24/h1,12-13,15-19,23-25H,6-11H2,2-4H3/t13-,15+,16?,17?,18+,19?,20+,21+,22+/m1/s1. The van der Waals surface area contributed by atoms with E-state index in [-0.39, 0.29) is 34.7 Å². The van der Waals surface area contributed by atoms with Crippen molar-refractivity contribution >= 4 is 0 Å². The van der Waals surface area contributed by atoms with Crippen molar-refractivity contribution in [2.45, 2.75) is 77.1 Å². The van der Waals surface area contributed by atoms with Crippen LogP contribution in [0.2, 0.25) is 0 Å². The molecule has 0 amide bonds. The fourth-order valence-corrected chi connectivity index (χ4v) is 7.28. The van der Waals surface area contributed by atoms with Gasteiger partial charge in [-0.3, -0.25) is 0 Å². The molecule has 0 aromatic rings. The number of hydrogen-bond acceptors (Lipinski definition) is 3. The maximum atomic E-state index is 11.3. The van der Waals surface area contributed by atoms with Gasteiger partial charge in [0.25, 0.3) is 0 Å². The van der Waals surface area contributed by atoms with Crippen LogP contribution in [0.4, 0.5) is 0 Å². The maximum Gasteiger partial charge on any atom is 0.133 e. The lowest BCUT2D eigenvalue weighted by molar-refractivity contribution is -0.127. The molecule has 138 valence electrons. The van der Waals surface area contributed by atoms with E-state index in [0.29, 0.717) is 12.3 Å². The lowest BCUT2D eigenvalue weighted by atomic mass is 9.46. The molecule has 4 rings (SSSR count). The summed E-state index contributed by atoms with van der Waals surface area (Å²) >= 11 is 0. The van der Waals surface area contributed by atoms with Crippen molar-refractivity contribution in [1.29, 1.82) is 0 Å². The van der Waals surface area contributed by atoms with Crippen LogP contribution in [0.5, 0.6) is 0 Å². The van der Waals surface area contributed by atoms with Gasteiger partial charge >= 0.3 is 0 Å². The van der Waals surface area contributed by atoms with E-state index < -0.39 is 11.7 Å². The van der Waals surface area contributed by atoms with E-state index in [2.05, 4.69) is 26.7 Å². The molecule has 0 aromatic carbocycles. The molecule has 25 heavy (non-hydrogen) atoms. The summed E-state index contributed by atoms with van der Waals surface area (Å²) in [6.45, 7) is 6.55. The Hall–Kier alpha value is -0.820. The molecule has 0 aliphatic heterocycles. The Balaban J connectivity index is 1.77. The second-order valence-corrected chi connectivity index (χ2v) is 9.79. The van der Waals surface area contributed by atoms with Crippen molar-refractivity contribution in [2.75, 3.05) is 0 Å². The predicted octanol–water partition coefficient (Wildman–Crippen LogP) is 2.89. The van der Waals surface area contributed by atoms with E-state index >= 15 is 0 Å². The van der Waals surface area contributed by atoms with E-state index in [1.165, 1.54) is 5.57 Å². The number of aliphatic hydroxyl groups is 3. The van der Waals surface area contributed by atoms with Crippen LogP contribution in [0.25, 0.3) is 0 Å². The van der Waals surface area contributed by atoms with E-state index in [1.807, 2.05) is 6.08 Å². The van der Waals surface area contributed by atoms with Gasteiger partial charge in [0.1, 0.15) is 5.60 Å². The number of rotatable bonds is 0. The van der Waals surface area contributed by atoms with Gasteiger partial charge in [0, 0.05) is 5.41 Å². The second kappa shape index (κ2) is 5.35. The number of fused-ring (bicyclic) bond motifs is 5. The highest BCUT2D eigenvalue weighted by Crippen LogP contribution is 2.68. The molecule has 0 bridgehead atoms. The first-order valence-corrected chi connectivity index (χ1v) is 9.95. The fraction of sp³-hybridized carbons (Fsp3) is 0.818. The quantitative estimate of drug-likeness (QED) is 0.468. The van der Waals surface area contributed by atoms with Crippen molar-refractivity contribution in [3.63, 3.8) is 0 Å². The first-order chi connectivity index (χ1) is 11.7. The zero-order chi connectivity index (χ0) is 18.2. The largest absolute Gasteiger partial charge is 0.393 e. The maximum absolute atomic E-state index is 11.3. The number of hydrogen-bond donors (Lipinski definition) is 3. The molecule has 0 heterocycles. The molecule has 0 aromatic heterocycles. The van der Waals surface area contributed by atoms with Crippen LogP contribution in [0.15, 0.2) is 11.6 Å². The van der Waals surface area contributed by atoms with Crippen molar-refractivity contribution in [1.82, 2.24) is 0 Å². The minimum atomic E-state index is -1.07. The third-order valence-corrected chi connectivity index (χ3v) is 8.90. The highest BCUT2D eigenvalue weighted by atomic mass is 16.3. The van der Waals surface area contributed by atoms with E-state index in [9.17, 15) is 15.3 Å². The summed E-state index contributed by atoms with van der Waals surface area (Å²) in [5.41, 5.74) is -0.0680. The van der Waals surface area contributed by atoms with Crippen molar-refractivity contribution < 1.29 is 15.3 Å². The topological polar surface area (TPSA) is 60.7 Å². The first kappa shape index (κ1) is 17.6. The fourth-order valence-electron chi connectivity index (χ4n) is 7.28. The molecule has 3 heteroatoms. The van der Waals surface area contributed by atoms with Gasteiger partial charge in [-0.25, -0.2) is 0 Å². The highest BCUT2D eigenvalue weighted by Gasteiger charge is 2.67. The van der Waals surface area contributed by atoms with Gasteiger partial charge in [-0.1, -0.05) is 38.3 Å². The molecule has 0 radical (unpaired) electrons. The van der Waals surface area contributed by atoms with E-state index in [1.54, 1.807) is 0 Å². The second-order valence-electron chi connectivity index (χ2n) is 9.79. The molecule has 0 saturated heterocycles. The van der Waals surface area contributed by atoms with E-state index in [0.717, 1.165) is 32.1 Å². The molecule has 4 aliphatic carbocycles. The van der Waals surface area contributed by atoms with Crippen LogP contribution < -0.4 is 0 Å². The molecular weight excluding hydrogens is 312 g/mol. The smallest absolute Gasteiger partial charge is 0.133 e. The molecule has 3 fully saturated rings. The summed E-state index contributed by atoms with van der Waals surface area (Å²) in [6, 6.07) is 0. The summed E-state index contributed by atoms with van der Waals surface area (Å²) in [5, 5.41) is 32.4. The van der Waals surface area contributed by atoms with Crippen molar-refractivity contribution in [3.05, 3.63) is 11.6 Å². The Morgan fingerprint density at radius 2 is 1.88 bits per heavy atom. The van der Waals surface area contributed by atoms with Crippen molar-refractivity contribution in [2.24, 2.45) is 34.5 Å². The average molecular weight is 344 g/mol. The minimum Gasteiger partial charge on any atom is -0.393 e. The summed E-state index contributed by atoms with van der Waals surface area (Å²) in [7, 11) is 0. The van der Waals surface area contributed by atoms with Crippen LogP contribution in [-0.2, 0) is 0 Å². The zero-order valence-electron chi connectivity index (χ0n) is 15.7. The summed E-state index contributed by atoms with van der Waals surface area (Å²) in [5.74, 6) is 3.62. The monoisotopic (exact) mass is 344 g/mol. The summed E-state index contributed by atoms with van der Waals surface area (Å²) < 4.78 is 0. The van der Waals surface area contributed by atoms with Gasteiger partial charge < -0.3 is 15.3 Å². The van der Waals surface area contributed by atoms with Crippen LogP contribution in [-0.4, -0.2) is 33.1 Å². The molecule has 3 nitrogen and oxygen atoms in total. The summed E-state index contributed by atoms with van der Waals surface area (Å²) in [4.78, 5) is 0. The van der Waals surface area contributed by atoms with Gasteiger partial charge in [-0.15, -0.1) is 6.42 Å². The van der Waals surface area contributed by atoms with Gasteiger partial charge in [-0.05, 0) is 67.6 Å². The molecule has 3 saturated carbocycles. The van der Waals surface area contributed by atoms with Crippen LogP contribution in [0.3, 0.4) is 0 Å². The Labute approximate surface area is 151 Å². The normalized spacial score (nSPS) is 57.7. The Morgan fingerprint density at radius 1 is 1.16 bits per heavy atom. The summed E-state index contributed by atoms with van der Waals surface area (Å²) in [6.07, 6.45) is 12.4. The molecule has 3 N–H and O–H groups in total. The molecular formula is C22H32O3. The third-order valence-electron chi connectivity index (χ3n) is 8.90. The van der Waals surface area contributed by atoms with Gasteiger partial charge in [0.2, 0.25) is 0 Å². The van der Waals surface area contributed by atoms with Crippen molar-refractivity contribution in [3.8, 4) is 12.3 Å². The lowest BCUT2D eigenvalue weighted by Crippen LogP contribution is -2.57. The molecule has 9 atom stereocenters. The van der Waals surface area contributed by atoms with Crippen LogP contribution in [0.1, 0.15) is 59.3 Å². The Bertz CT molecular complexity index is 648. The third kappa shape index (κ3) is 2.05. The SMILES string of the molecule is C#C[C@]1(O)[C@H](C)CC2C3C(CC[C@@]21C)[C@@]1(C)CC[C@H](O)CC1=C[C@@H]3O. The number of aliphatic hydroxyl groups excluding tert-OH is 2. The van der Waals surface area contributed by atoms with Gasteiger partial charge in [-0.2, -0.15) is 0 Å².